The van der Waals surface area contributed by atoms with Crippen molar-refractivity contribution in [3.8, 4) is 5.75 Å². The number of furan rings is 1. The van der Waals surface area contributed by atoms with Gasteiger partial charge in [-0.15, -0.1) is 0 Å². The van der Waals surface area contributed by atoms with Gasteiger partial charge in [0.25, 0.3) is 5.91 Å². The van der Waals surface area contributed by atoms with Crippen molar-refractivity contribution in [1.29, 1.82) is 0 Å². The first-order valence-corrected chi connectivity index (χ1v) is 8.71. The first-order valence-electron chi connectivity index (χ1n) is 8.71. The van der Waals surface area contributed by atoms with Crippen LogP contribution in [0.15, 0.2) is 40.8 Å². The molecule has 0 saturated heterocycles. The Morgan fingerprint density at radius 1 is 1.14 bits per heavy atom. The lowest BCUT2D eigenvalue weighted by Crippen LogP contribution is -2.43. The van der Waals surface area contributed by atoms with E-state index in [1.54, 1.807) is 12.1 Å². The Balaban J connectivity index is 1.82. The third-order valence-electron chi connectivity index (χ3n) is 3.90. The Kier molecular flexibility index (Phi) is 7.52. The van der Waals surface area contributed by atoms with Gasteiger partial charge in [-0.2, -0.15) is 0 Å². The molecule has 2 aromatic rings. The number of carbonyl (C=O) groups excluding carboxylic acids is 2. The molecule has 0 aliphatic rings. The number of para-hydroxylation sites is 2. The van der Waals surface area contributed by atoms with Crippen LogP contribution in [0, 0.1) is 10.1 Å². The highest BCUT2D eigenvalue weighted by molar-refractivity contribution is 5.93. The third kappa shape index (κ3) is 5.81. The summed E-state index contributed by atoms with van der Waals surface area (Å²) in [5, 5.41) is 10.9. The van der Waals surface area contributed by atoms with Crippen molar-refractivity contribution in [1.82, 2.24) is 15.8 Å². The molecule has 0 bridgehead atoms. The molecule has 0 atom stereocenters. The smallest absolute Gasteiger partial charge is 0.310 e. The summed E-state index contributed by atoms with van der Waals surface area (Å²) in [7, 11) is 0. The molecule has 0 aliphatic carbocycles. The molecule has 150 valence electrons. The molecule has 2 N–H and O–H groups in total. The van der Waals surface area contributed by atoms with E-state index in [1.165, 1.54) is 24.3 Å². The van der Waals surface area contributed by atoms with Crippen molar-refractivity contribution in [2.45, 2.75) is 20.4 Å². The molecule has 10 nitrogen and oxygen atoms in total. The van der Waals surface area contributed by atoms with Crippen LogP contribution >= 0.6 is 0 Å². The number of hydrogen-bond donors (Lipinski definition) is 2. The van der Waals surface area contributed by atoms with E-state index in [0.29, 0.717) is 12.3 Å². The van der Waals surface area contributed by atoms with Gasteiger partial charge in [0.15, 0.2) is 18.1 Å². The molecular formula is C18H22N4O6. The van der Waals surface area contributed by atoms with E-state index in [4.69, 9.17) is 9.15 Å². The van der Waals surface area contributed by atoms with Gasteiger partial charge in [-0.3, -0.25) is 35.5 Å². The van der Waals surface area contributed by atoms with Gasteiger partial charge in [-0.05, 0) is 31.3 Å². The number of hydrogen-bond acceptors (Lipinski definition) is 7. The molecule has 0 radical (unpaired) electrons. The minimum absolute atomic E-state index is 0.0407. The molecule has 0 saturated carbocycles. The standard InChI is InChI=1S/C18H22N4O6/c1-3-21(4-2)11-13-9-10-16(28-13)18(24)20-19-17(23)12-27-15-8-6-5-7-14(15)22(25)26/h5-10H,3-4,11-12H2,1-2H3,(H,19,23)(H,20,24). The Labute approximate surface area is 161 Å². The predicted molar refractivity (Wildman–Crippen MR) is 99.5 cm³/mol. The minimum atomic E-state index is -0.679. The largest absolute Gasteiger partial charge is 0.477 e. The number of carbonyl (C=O) groups is 2. The highest BCUT2D eigenvalue weighted by Gasteiger charge is 2.16. The number of nitrogens with zero attached hydrogens (tertiary/aromatic N) is 2. The fourth-order valence-corrected chi connectivity index (χ4v) is 2.35. The van der Waals surface area contributed by atoms with Crippen molar-refractivity contribution in [3.63, 3.8) is 0 Å². The Hall–Kier alpha value is -3.40. The monoisotopic (exact) mass is 390 g/mol. The van der Waals surface area contributed by atoms with E-state index >= 15 is 0 Å². The average Bonchev–Trinajstić information content (AvgIpc) is 3.17. The summed E-state index contributed by atoms with van der Waals surface area (Å²) in [4.78, 5) is 36.3. The fourth-order valence-electron chi connectivity index (χ4n) is 2.35. The summed E-state index contributed by atoms with van der Waals surface area (Å²) >= 11 is 0. The maximum absolute atomic E-state index is 12.0. The second-order valence-electron chi connectivity index (χ2n) is 5.74. The van der Waals surface area contributed by atoms with Gasteiger partial charge in [-0.1, -0.05) is 26.0 Å². The van der Waals surface area contributed by atoms with Gasteiger partial charge >= 0.3 is 11.6 Å². The summed E-state index contributed by atoms with van der Waals surface area (Å²) in [6.07, 6.45) is 0. The van der Waals surface area contributed by atoms with Crippen LogP contribution in [-0.4, -0.2) is 41.3 Å². The van der Waals surface area contributed by atoms with E-state index in [9.17, 15) is 19.7 Å². The number of nitrogens with one attached hydrogen (secondary N) is 2. The second kappa shape index (κ2) is 10.1. The summed E-state index contributed by atoms with van der Waals surface area (Å²) in [5.41, 5.74) is 4.12. The van der Waals surface area contributed by atoms with Gasteiger partial charge in [0, 0.05) is 6.07 Å². The predicted octanol–water partition coefficient (Wildman–Crippen LogP) is 1.87. The molecule has 0 unspecified atom stereocenters. The number of nitro groups is 1. The zero-order valence-corrected chi connectivity index (χ0v) is 15.6. The SMILES string of the molecule is CCN(CC)Cc1ccc(C(=O)NNC(=O)COc2ccccc2[N+](=O)[O-])o1. The van der Waals surface area contributed by atoms with Crippen LogP contribution in [0.2, 0.25) is 0 Å². The van der Waals surface area contributed by atoms with E-state index < -0.39 is 23.3 Å². The molecule has 0 spiro atoms. The quantitative estimate of drug-likeness (QED) is 0.494. The highest BCUT2D eigenvalue weighted by atomic mass is 16.6. The number of benzene rings is 1. The van der Waals surface area contributed by atoms with E-state index in [-0.39, 0.29) is 17.2 Å². The Bertz CT molecular complexity index is 831. The van der Waals surface area contributed by atoms with Gasteiger partial charge in [-0.25, -0.2) is 0 Å². The number of ether oxygens (including phenoxy) is 1. The van der Waals surface area contributed by atoms with Gasteiger partial charge < -0.3 is 9.15 Å². The van der Waals surface area contributed by atoms with Crippen molar-refractivity contribution in [2.75, 3.05) is 19.7 Å². The summed E-state index contributed by atoms with van der Waals surface area (Å²) in [6.45, 7) is 5.85. The zero-order valence-electron chi connectivity index (χ0n) is 15.6. The van der Waals surface area contributed by atoms with Crippen molar-refractivity contribution >= 4 is 17.5 Å². The molecule has 1 aromatic heterocycles. The molecular weight excluding hydrogens is 368 g/mol. The molecule has 10 heteroatoms. The van der Waals surface area contributed by atoms with E-state index in [1.807, 2.05) is 13.8 Å². The van der Waals surface area contributed by atoms with Crippen LogP contribution in [0.3, 0.4) is 0 Å². The van der Waals surface area contributed by atoms with E-state index in [2.05, 4.69) is 15.8 Å². The molecule has 0 aliphatic heterocycles. The molecule has 2 rings (SSSR count). The molecule has 1 heterocycles. The van der Waals surface area contributed by atoms with Gasteiger partial charge in [0.1, 0.15) is 5.76 Å². The maximum Gasteiger partial charge on any atom is 0.310 e. The highest BCUT2D eigenvalue weighted by Crippen LogP contribution is 2.25. The Morgan fingerprint density at radius 3 is 2.54 bits per heavy atom. The first kappa shape index (κ1) is 20.9. The lowest BCUT2D eigenvalue weighted by atomic mass is 10.3. The molecule has 0 fully saturated rings. The molecule has 28 heavy (non-hydrogen) atoms. The lowest BCUT2D eigenvalue weighted by Gasteiger charge is -2.15. The van der Waals surface area contributed by atoms with Crippen LogP contribution in [0.4, 0.5) is 5.69 Å². The molecule has 2 amide bonds. The van der Waals surface area contributed by atoms with Crippen LogP contribution in [-0.2, 0) is 11.3 Å². The van der Waals surface area contributed by atoms with Crippen molar-refractivity contribution in [2.24, 2.45) is 0 Å². The minimum Gasteiger partial charge on any atom is -0.477 e. The third-order valence-corrected chi connectivity index (χ3v) is 3.90. The topological polar surface area (TPSA) is 127 Å². The normalized spacial score (nSPS) is 10.5. The lowest BCUT2D eigenvalue weighted by molar-refractivity contribution is -0.385. The van der Waals surface area contributed by atoms with Crippen LogP contribution in [0.25, 0.3) is 0 Å². The van der Waals surface area contributed by atoms with Crippen molar-refractivity contribution < 1.29 is 23.7 Å². The fraction of sp³-hybridized carbons (Fsp3) is 0.333. The van der Waals surface area contributed by atoms with Crippen LogP contribution < -0.4 is 15.6 Å². The van der Waals surface area contributed by atoms with Gasteiger partial charge in [0.05, 0.1) is 11.5 Å². The first-order chi connectivity index (χ1) is 13.4. The zero-order chi connectivity index (χ0) is 20.5. The summed E-state index contributed by atoms with van der Waals surface area (Å²) in [5.74, 6) is -0.644. The summed E-state index contributed by atoms with van der Waals surface area (Å²) in [6, 6.07) is 8.90. The van der Waals surface area contributed by atoms with E-state index in [0.717, 1.165) is 13.1 Å². The van der Waals surface area contributed by atoms with Crippen LogP contribution in [0.1, 0.15) is 30.2 Å². The number of rotatable bonds is 9. The number of amides is 2. The number of hydrazine groups is 1. The van der Waals surface area contributed by atoms with Crippen LogP contribution in [0.5, 0.6) is 5.75 Å². The average molecular weight is 390 g/mol. The summed E-state index contributed by atoms with van der Waals surface area (Å²) < 4.78 is 10.6. The van der Waals surface area contributed by atoms with Crippen molar-refractivity contribution in [3.05, 3.63) is 58.0 Å². The number of nitro benzene ring substituents is 1. The van der Waals surface area contributed by atoms with Gasteiger partial charge in [0.2, 0.25) is 0 Å². The maximum atomic E-state index is 12.0. The second-order valence-corrected chi connectivity index (χ2v) is 5.74. The Morgan fingerprint density at radius 2 is 1.86 bits per heavy atom. The molecule has 1 aromatic carbocycles.